The van der Waals surface area contributed by atoms with Gasteiger partial charge in [0.25, 0.3) is 5.91 Å². The molecule has 32 heavy (non-hydrogen) atoms. The molecule has 1 aliphatic heterocycles. The smallest absolute Gasteiger partial charge is 0.251 e. The van der Waals surface area contributed by atoms with Crippen LogP contribution in [0.15, 0.2) is 78.9 Å². The molecule has 0 unspecified atom stereocenters. The first-order chi connectivity index (χ1) is 15.7. The van der Waals surface area contributed by atoms with Gasteiger partial charge in [-0.2, -0.15) is 0 Å². The summed E-state index contributed by atoms with van der Waals surface area (Å²) in [5.41, 5.74) is 10.1. The second-order valence-electron chi connectivity index (χ2n) is 7.89. The fourth-order valence-electron chi connectivity index (χ4n) is 3.96. The molecular formula is C26H28N4O2. The Morgan fingerprint density at radius 3 is 2.38 bits per heavy atom. The highest BCUT2D eigenvalue weighted by Gasteiger charge is 2.22. The van der Waals surface area contributed by atoms with Crippen molar-refractivity contribution in [3.63, 3.8) is 0 Å². The van der Waals surface area contributed by atoms with Gasteiger partial charge < -0.3 is 21.3 Å². The van der Waals surface area contributed by atoms with Gasteiger partial charge in [0.05, 0.1) is 0 Å². The van der Waals surface area contributed by atoms with Crippen LogP contribution in [0, 0.1) is 0 Å². The first-order valence-corrected chi connectivity index (χ1v) is 11.0. The number of piperidine rings is 1. The lowest BCUT2D eigenvalue weighted by molar-refractivity contribution is -0.119. The van der Waals surface area contributed by atoms with E-state index in [9.17, 15) is 9.59 Å². The molecule has 1 fully saturated rings. The topological polar surface area (TPSA) is 87.5 Å². The highest BCUT2D eigenvalue weighted by atomic mass is 16.2. The van der Waals surface area contributed by atoms with Crippen molar-refractivity contribution >= 4 is 28.9 Å². The van der Waals surface area contributed by atoms with Crippen LogP contribution in [0.25, 0.3) is 0 Å². The summed E-state index contributed by atoms with van der Waals surface area (Å²) in [7, 11) is 0. The number of benzene rings is 3. The third-order valence-electron chi connectivity index (χ3n) is 5.70. The second-order valence-corrected chi connectivity index (χ2v) is 7.89. The summed E-state index contributed by atoms with van der Waals surface area (Å²) in [4.78, 5) is 27.3. The first-order valence-electron chi connectivity index (χ1n) is 11.0. The molecule has 4 rings (SSSR count). The number of para-hydroxylation sites is 1. The van der Waals surface area contributed by atoms with Gasteiger partial charge in [-0.15, -0.1) is 0 Å². The Morgan fingerprint density at radius 1 is 0.938 bits per heavy atom. The number of hydrogen-bond acceptors (Lipinski definition) is 4. The van der Waals surface area contributed by atoms with Crippen molar-refractivity contribution in [2.75, 3.05) is 22.1 Å². The lowest BCUT2D eigenvalue weighted by Crippen LogP contribution is -2.35. The average Bonchev–Trinajstić information content (AvgIpc) is 2.84. The van der Waals surface area contributed by atoms with Crippen LogP contribution in [0.1, 0.15) is 36.4 Å². The van der Waals surface area contributed by atoms with Crippen LogP contribution >= 0.6 is 0 Å². The van der Waals surface area contributed by atoms with E-state index in [-0.39, 0.29) is 11.8 Å². The molecule has 3 aromatic carbocycles. The highest BCUT2D eigenvalue weighted by molar-refractivity contribution is 5.98. The van der Waals surface area contributed by atoms with Gasteiger partial charge in [0.2, 0.25) is 5.91 Å². The molecule has 0 spiro atoms. The molecule has 6 heteroatoms. The molecular weight excluding hydrogens is 400 g/mol. The average molecular weight is 429 g/mol. The predicted molar refractivity (Wildman–Crippen MR) is 128 cm³/mol. The summed E-state index contributed by atoms with van der Waals surface area (Å²) in [5, 5.41) is 6.36. The summed E-state index contributed by atoms with van der Waals surface area (Å²) in [6, 6.07) is 24.2. The Bertz CT molecular complexity index is 1070. The summed E-state index contributed by atoms with van der Waals surface area (Å²) >= 11 is 0. The van der Waals surface area contributed by atoms with Crippen LogP contribution in [0.5, 0.6) is 0 Å². The molecule has 4 N–H and O–H groups in total. The fraction of sp³-hybridized carbons (Fsp3) is 0.231. The zero-order valence-corrected chi connectivity index (χ0v) is 18.0. The minimum absolute atomic E-state index is 0.153. The van der Waals surface area contributed by atoms with Crippen LogP contribution < -0.4 is 21.3 Å². The largest absolute Gasteiger partial charge is 0.370 e. The minimum Gasteiger partial charge on any atom is -0.370 e. The van der Waals surface area contributed by atoms with E-state index >= 15 is 0 Å². The van der Waals surface area contributed by atoms with Crippen molar-refractivity contribution in [3.8, 4) is 0 Å². The van der Waals surface area contributed by atoms with E-state index in [1.807, 2.05) is 83.8 Å². The van der Waals surface area contributed by atoms with Crippen molar-refractivity contribution < 1.29 is 9.59 Å². The van der Waals surface area contributed by atoms with Gasteiger partial charge in [0.15, 0.2) is 0 Å². The molecule has 0 aromatic heterocycles. The standard InChI is InChI=1S/C26H28N4O2/c27-18-20-10-4-5-11-23(20)29-25(19-8-2-1-3-9-19)26(32)28-21-13-15-22(16-14-21)30-17-7-6-12-24(30)31/h1-5,8-11,13-16,25,29H,6-7,12,17-18,27H2,(H,28,32)/t25-/m1/s1. The number of anilines is 3. The molecule has 164 valence electrons. The van der Waals surface area contributed by atoms with E-state index in [1.54, 1.807) is 0 Å². The quantitative estimate of drug-likeness (QED) is 0.519. The van der Waals surface area contributed by atoms with E-state index < -0.39 is 6.04 Å². The Balaban J connectivity index is 1.53. The van der Waals surface area contributed by atoms with Gasteiger partial charge >= 0.3 is 0 Å². The maximum Gasteiger partial charge on any atom is 0.251 e. The zero-order chi connectivity index (χ0) is 22.3. The molecule has 0 saturated carbocycles. The number of nitrogens with zero attached hydrogens (tertiary/aromatic N) is 1. The number of nitrogens with one attached hydrogen (secondary N) is 2. The Hall–Kier alpha value is -3.64. The maximum absolute atomic E-state index is 13.3. The van der Waals surface area contributed by atoms with Gasteiger partial charge in [-0.1, -0.05) is 48.5 Å². The Morgan fingerprint density at radius 2 is 1.66 bits per heavy atom. The van der Waals surface area contributed by atoms with Crippen molar-refractivity contribution in [1.82, 2.24) is 0 Å². The van der Waals surface area contributed by atoms with Crippen molar-refractivity contribution in [3.05, 3.63) is 90.0 Å². The number of carbonyl (C=O) groups is 2. The van der Waals surface area contributed by atoms with Crippen LogP contribution in [-0.4, -0.2) is 18.4 Å². The first kappa shape index (κ1) is 21.6. The normalized spacial score (nSPS) is 14.7. The van der Waals surface area contributed by atoms with Crippen molar-refractivity contribution in [2.45, 2.75) is 31.8 Å². The molecule has 1 aliphatic rings. The predicted octanol–water partition coefficient (Wildman–Crippen LogP) is 4.45. The van der Waals surface area contributed by atoms with Crippen molar-refractivity contribution in [1.29, 1.82) is 0 Å². The molecule has 0 radical (unpaired) electrons. The molecule has 0 aliphatic carbocycles. The third-order valence-corrected chi connectivity index (χ3v) is 5.70. The summed E-state index contributed by atoms with van der Waals surface area (Å²) in [6.07, 6.45) is 2.55. The molecule has 3 aromatic rings. The van der Waals surface area contributed by atoms with E-state index in [2.05, 4.69) is 10.6 Å². The SMILES string of the molecule is NCc1ccccc1N[C@@H](C(=O)Nc1ccc(N2CCCCC2=O)cc1)c1ccccc1. The summed E-state index contributed by atoms with van der Waals surface area (Å²) in [5.74, 6) is -0.0234. The highest BCUT2D eigenvalue weighted by Crippen LogP contribution is 2.26. The van der Waals surface area contributed by atoms with Gasteiger partial charge in [0, 0.05) is 36.6 Å². The number of carbonyl (C=O) groups excluding carboxylic acids is 2. The van der Waals surface area contributed by atoms with Gasteiger partial charge in [-0.3, -0.25) is 9.59 Å². The van der Waals surface area contributed by atoms with Crippen LogP contribution in [0.2, 0.25) is 0 Å². The Kier molecular flexibility index (Phi) is 6.82. The monoisotopic (exact) mass is 428 g/mol. The van der Waals surface area contributed by atoms with E-state index in [1.165, 1.54) is 0 Å². The maximum atomic E-state index is 13.3. The van der Waals surface area contributed by atoms with Gasteiger partial charge in [-0.05, 0) is 54.3 Å². The van der Waals surface area contributed by atoms with E-state index in [4.69, 9.17) is 5.73 Å². The Labute approximate surface area is 188 Å². The zero-order valence-electron chi connectivity index (χ0n) is 18.0. The number of nitrogens with two attached hydrogens (primary N) is 1. The van der Waals surface area contributed by atoms with Gasteiger partial charge in [0.1, 0.15) is 6.04 Å². The van der Waals surface area contributed by atoms with Crippen LogP contribution in [-0.2, 0) is 16.1 Å². The third kappa shape index (κ3) is 4.98. The molecule has 0 bridgehead atoms. The van der Waals surface area contributed by atoms with Crippen molar-refractivity contribution in [2.24, 2.45) is 5.73 Å². The van der Waals surface area contributed by atoms with Gasteiger partial charge in [-0.25, -0.2) is 0 Å². The molecule has 2 amide bonds. The summed E-state index contributed by atoms with van der Waals surface area (Å²) < 4.78 is 0. The molecule has 1 saturated heterocycles. The number of amides is 2. The van der Waals surface area contributed by atoms with Crippen LogP contribution in [0.4, 0.5) is 17.1 Å². The minimum atomic E-state index is -0.591. The molecule has 6 nitrogen and oxygen atoms in total. The van der Waals surface area contributed by atoms with Crippen LogP contribution in [0.3, 0.4) is 0 Å². The lowest BCUT2D eigenvalue weighted by atomic mass is 10.0. The second kappa shape index (κ2) is 10.1. The number of hydrogen-bond donors (Lipinski definition) is 3. The molecule has 1 heterocycles. The van der Waals surface area contributed by atoms with E-state index in [0.29, 0.717) is 18.7 Å². The lowest BCUT2D eigenvalue weighted by Gasteiger charge is -2.27. The fourth-order valence-corrected chi connectivity index (χ4v) is 3.96. The molecule has 1 atom stereocenters. The summed E-state index contributed by atoms with van der Waals surface area (Å²) in [6.45, 7) is 1.12. The van der Waals surface area contributed by atoms with E-state index in [0.717, 1.165) is 41.9 Å². The number of rotatable bonds is 7.